The van der Waals surface area contributed by atoms with Gasteiger partial charge in [0.05, 0.1) is 5.69 Å². The van der Waals surface area contributed by atoms with E-state index in [9.17, 15) is 4.79 Å². The van der Waals surface area contributed by atoms with Gasteiger partial charge < -0.3 is 4.90 Å². The molecule has 0 fully saturated rings. The molecule has 0 saturated heterocycles. The monoisotopic (exact) mass is 395 g/mol. The Balaban J connectivity index is 1.48. The van der Waals surface area contributed by atoms with Crippen molar-refractivity contribution in [2.45, 2.75) is 32.1 Å². The van der Waals surface area contributed by atoms with Gasteiger partial charge in [-0.05, 0) is 41.7 Å². The summed E-state index contributed by atoms with van der Waals surface area (Å²) in [5.41, 5.74) is 8.12. The van der Waals surface area contributed by atoms with E-state index >= 15 is 0 Å². The second-order valence-corrected chi connectivity index (χ2v) is 8.60. The van der Waals surface area contributed by atoms with E-state index in [-0.39, 0.29) is 11.2 Å². The summed E-state index contributed by atoms with van der Waals surface area (Å²) in [6.45, 7) is 4.35. The number of anilines is 1. The van der Waals surface area contributed by atoms with Crippen molar-refractivity contribution in [1.82, 2.24) is 10.2 Å². The van der Waals surface area contributed by atoms with Crippen molar-refractivity contribution in [3.05, 3.63) is 94.4 Å². The van der Waals surface area contributed by atoms with Crippen LogP contribution in [0.25, 0.3) is 11.6 Å². The SMILES string of the molecule is CN1C(=CC(=O)c2[nH]nc3c2CCC3=Cc2ccccc2)C(C)(C)c2ccccc21. The molecule has 0 spiro atoms. The van der Waals surface area contributed by atoms with Crippen LogP contribution < -0.4 is 4.90 Å². The number of H-pyrrole nitrogens is 1. The van der Waals surface area contributed by atoms with Gasteiger partial charge in [0.15, 0.2) is 0 Å². The van der Waals surface area contributed by atoms with Crippen molar-refractivity contribution in [3.63, 3.8) is 0 Å². The average molecular weight is 396 g/mol. The fraction of sp³-hybridized carbons (Fsp3) is 0.231. The smallest absolute Gasteiger partial charge is 0.205 e. The Hall–Kier alpha value is -3.40. The quantitative estimate of drug-likeness (QED) is 0.478. The molecule has 5 rings (SSSR count). The summed E-state index contributed by atoms with van der Waals surface area (Å²) in [7, 11) is 2.03. The first-order valence-corrected chi connectivity index (χ1v) is 10.4. The number of rotatable bonds is 3. The van der Waals surface area contributed by atoms with E-state index in [0.717, 1.165) is 41.0 Å². The van der Waals surface area contributed by atoms with Gasteiger partial charge in [-0.2, -0.15) is 5.10 Å². The van der Waals surface area contributed by atoms with E-state index in [1.165, 1.54) is 11.1 Å². The van der Waals surface area contributed by atoms with Crippen LogP contribution in [0.5, 0.6) is 0 Å². The van der Waals surface area contributed by atoms with Crippen molar-refractivity contribution < 1.29 is 4.79 Å². The minimum atomic E-state index is -0.220. The van der Waals surface area contributed by atoms with Crippen molar-refractivity contribution in [2.75, 3.05) is 11.9 Å². The molecule has 0 radical (unpaired) electrons. The second kappa shape index (κ2) is 6.84. The molecule has 1 aliphatic heterocycles. The lowest BCUT2D eigenvalue weighted by molar-refractivity contribution is 0.104. The molecule has 4 heteroatoms. The van der Waals surface area contributed by atoms with Crippen LogP contribution >= 0.6 is 0 Å². The van der Waals surface area contributed by atoms with Gasteiger partial charge >= 0.3 is 0 Å². The van der Waals surface area contributed by atoms with E-state index in [1.807, 2.05) is 31.3 Å². The van der Waals surface area contributed by atoms with Crippen LogP contribution in [-0.4, -0.2) is 23.0 Å². The topological polar surface area (TPSA) is 49.0 Å². The standard InChI is InChI=1S/C26H25N3O/c1-26(2)20-11-7-8-12-21(20)29(3)23(26)16-22(30)25-19-14-13-18(24(19)27-28-25)15-17-9-5-4-6-10-17/h4-12,15-16H,13-14H2,1-3H3,(H,27,28). The molecule has 0 bridgehead atoms. The molecule has 4 nitrogen and oxygen atoms in total. The Kier molecular flexibility index (Phi) is 4.24. The number of para-hydroxylation sites is 1. The van der Waals surface area contributed by atoms with Crippen molar-refractivity contribution in [1.29, 1.82) is 0 Å². The predicted octanol–water partition coefficient (Wildman–Crippen LogP) is 5.39. The molecule has 0 saturated carbocycles. The van der Waals surface area contributed by atoms with E-state index in [4.69, 9.17) is 0 Å². The highest BCUT2D eigenvalue weighted by Crippen LogP contribution is 2.46. The lowest BCUT2D eigenvalue weighted by Crippen LogP contribution is -2.24. The Bertz CT molecular complexity index is 1200. The number of hydrogen-bond donors (Lipinski definition) is 1. The number of benzene rings is 2. The zero-order valence-electron chi connectivity index (χ0n) is 17.6. The maximum Gasteiger partial charge on any atom is 0.205 e. The highest BCUT2D eigenvalue weighted by Gasteiger charge is 2.39. The molecular weight excluding hydrogens is 370 g/mol. The van der Waals surface area contributed by atoms with Crippen LogP contribution in [0.4, 0.5) is 5.69 Å². The van der Waals surface area contributed by atoms with E-state index in [2.05, 4.69) is 65.4 Å². The van der Waals surface area contributed by atoms with Crippen LogP contribution in [0.1, 0.15) is 53.1 Å². The molecule has 2 aromatic carbocycles. The fourth-order valence-electron chi connectivity index (χ4n) is 4.80. The van der Waals surface area contributed by atoms with Gasteiger partial charge in [0.2, 0.25) is 5.78 Å². The number of ketones is 1. The van der Waals surface area contributed by atoms with Gasteiger partial charge in [-0.15, -0.1) is 0 Å². The third-order valence-corrected chi connectivity index (χ3v) is 6.41. The summed E-state index contributed by atoms with van der Waals surface area (Å²) in [5.74, 6) is -0.00700. The van der Waals surface area contributed by atoms with Crippen molar-refractivity contribution in [3.8, 4) is 0 Å². The number of carbonyl (C=O) groups is 1. The summed E-state index contributed by atoms with van der Waals surface area (Å²) in [6.07, 6.45) is 5.71. The number of aromatic amines is 1. The summed E-state index contributed by atoms with van der Waals surface area (Å²) < 4.78 is 0. The van der Waals surface area contributed by atoms with Gasteiger partial charge in [0.1, 0.15) is 5.69 Å². The van der Waals surface area contributed by atoms with Gasteiger partial charge in [-0.3, -0.25) is 9.89 Å². The van der Waals surface area contributed by atoms with E-state index in [0.29, 0.717) is 5.69 Å². The van der Waals surface area contributed by atoms with E-state index in [1.54, 1.807) is 6.08 Å². The third kappa shape index (κ3) is 2.83. The number of carbonyl (C=O) groups excluding carboxylic acids is 1. The molecule has 150 valence electrons. The molecule has 1 aromatic heterocycles. The van der Waals surface area contributed by atoms with Crippen LogP contribution in [-0.2, 0) is 11.8 Å². The summed E-state index contributed by atoms with van der Waals surface area (Å²) in [4.78, 5) is 15.4. The van der Waals surface area contributed by atoms with Crippen LogP contribution in [0.2, 0.25) is 0 Å². The molecule has 0 unspecified atom stereocenters. The minimum Gasteiger partial charge on any atom is -0.347 e. The van der Waals surface area contributed by atoms with Crippen LogP contribution in [0.3, 0.4) is 0 Å². The number of hydrogen-bond acceptors (Lipinski definition) is 3. The molecule has 30 heavy (non-hydrogen) atoms. The molecule has 0 atom stereocenters. The third-order valence-electron chi connectivity index (χ3n) is 6.41. The van der Waals surface area contributed by atoms with Gasteiger partial charge in [-0.25, -0.2) is 0 Å². The number of nitrogens with one attached hydrogen (secondary N) is 1. The fourth-order valence-corrected chi connectivity index (χ4v) is 4.80. The maximum atomic E-state index is 13.3. The Morgan fingerprint density at radius 3 is 2.57 bits per heavy atom. The zero-order chi connectivity index (χ0) is 20.9. The largest absolute Gasteiger partial charge is 0.347 e. The Morgan fingerprint density at radius 2 is 1.80 bits per heavy atom. The first kappa shape index (κ1) is 18.6. The highest BCUT2D eigenvalue weighted by atomic mass is 16.1. The summed E-state index contributed by atoms with van der Waals surface area (Å²) >= 11 is 0. The normalized spacial score (nSPS) is 19.4. The van der Waals surface area contributed by atoms with Gasteiger partial charge in [0, 0.05) is 35.5 Å². The van der Waals surface area contributed by atoms with Crippen molar-refractivity contribution in [2.24, 2.45) is 0 Å². The van der Waals surface area contributed by atoms with Crippen LogP contribution in [0.15, 0.2) is 66.4 Å². The molecular formula is C26H25N3O. The second-order valence-electron chi connectivity index (χ2n) is 8.60. The maximum absolute atomic E-state index is 13.3. The number of allylic oxidation sites excluding steroid dienone is 3. The summed E-state index contributed by atoms with van der Waals surface area (Å²) in [6, 6.07) is 18.6. The molecule has 2 heterocycles. The number of likely N-dealkylation sites (N-methyl/N-ethyl adjacent to an activating group) is 1. The van der Waals surface area contributed by atoms with Crippen LogP contribution in [0, 0.1) is 0 Å². The Labute approximate surface area is 176 Å². The first-order valence-electron chi connectivity index (χ1n) is 10.4. The van der Waals surface area contributed by atoms with E-state index < -0.39 is 0 Å². The van der Waals surface area contributed by atoms with Gasteiger partial charge in [0.25, 0.3) is 0 Å². The molecule has 1 N–H and O–H groups in total. The summed E-state index contributed by atoms with van der Waals surface area (Å²) in [5, 5.41) is 7.53. The molecule has 2 aliphatic rings. The lowest BCUT2D eigenvalue weighted by Gasteiger charge is -2.23. The molecule has 1 aliphatic carbocycles. The number of fused-ring (bicyclic) bond motifs is 2. The first-order chi connectivity index (χ1) is 14.5. The zero-order valence-corrected chi connectivity index (χ0v) is 17.6. The average Bonchev–Trinajstić information content (AvgIpc) is 3.39. The number of nitrogens with zero attached hydrogens (tertiary/aromatic N) is 2. The highest BCUT2D eigenvalue weighted by molar-refractivity contribution is 6.06. The minimum absolute atomic E-state index is 0.00700. The number of aromatic nitrogens is 2. The predicted molar refractivity (Wildman–Crippen MR) is 122 cm³/mol. The van der Waals surface area contributed by atoms with Crippen molar-refractivity contribution >= 4 is 23.1 Å². The Morgan fingerprint density at radius 1 is 1.07 bits per heavy atom. The van der Waals surface area contributed by atoms with Gasteiger partial charge in [-0.1, -0.05) is 62.4 Å². The molecule has 0 amide bonds. The lowest BCUT2D eigenvalue weighted by atomic mass is 9.83. The molecule has 3 aromatic rings.